The molecular weight excluding hydrogens is 200 g/mol. The standard InChI is InChI=1S/C9H16N2O4/c1-3-11(9(13)14-2)15-8(12)7-5-4-6-10-7/h7,10H,3-6H2,1-2H3/t7-/m0/s1. The van der Waals surface area contributed by atoms with E-state index in [0.29, 0.717) is 0 Å². The Hall–Kier alpha value is -1.30. The zero-order valence-electron chi connectivity index (χ0n) is 8.99. The molecule has 1 atom stereocenters. The summed E-state index contributed by atoms with van der Waals surface area (Å²) < 4.78 is 4.46. The Morgan fingerprint density at radius 2 is 2.27 bits per heavy atom. The smallest absolute Gasteiger partial charge is 0.443 e. The highest BCUT2D eigenvalue weighted by molar-refractivity contribution is 5.78. The second-order valence-electron chi connectivity index (χ2n) is 3.22. The summed E-state index contributed by atoms with van der Waals surface area (Å²) >= 11 is 0. The molecule has 1 heterocycles. The third kappa shape index (κ3) is 3.09. The molecule has 6 nitrogen and oxygen atoms in total. The summed E-state index contributed by atoms with van der Waals surface area (Å²) in [5.74, 6) is -0.431. The van der Waals surface area contributed by atoms with Crippen molar-refractivity contribution in [3.05, 3.63) is 0 Å². The van der Waals surface area contributed by atoms with E-state index >= 15 is 0 Å². The highest BCUT2D eigenvalue weighted by Crippen LogP contribution is 2.08. The maximum absolute atomic E-state index is 11.5. The van der Waals surface area contributed by atoms with Crippen molar-refractivity contribution in [1.82, 2.24) is 10.4 Å². The van der Waals surface area contributed by atoms with Crippen molar-refractivity contribution < 1.29 is 19.2 Å². The van der Waals surface area contributed by atoms with Gasteiger partial charge in [-0.3, -0.25) is 0 Å². The maximum Gasteiger partial charge on any atom is 0.443 e. The molecule has 1 amide bonds. The lowest BCUT2D eigenvalue weighted by Crippen LogP contribution is -2.40. The number of hydrogen-bond acceptors (Lipinski definition) is 5. The lowest BCUT2D eigenvalue weighted by molar-refractivity contribution is -0.182. The normalized spacial score (nSPS) is 19.7. The summed E-state index contributed by atoms with van der Waals surface area (Å²) in [6, 6.07) is -0.302. The Kier molecular flexibility index (Phi) is 4.36. The first kappa shape index (κ1) is 11.8. The minimum Gasteiger partial charge on any atom is -0.451 e. The van der Waals surface area contributed by atoms with Crippen LogP contribution in [0, 0.1) is 0 Å². The van der Waals surface area contributed by atoms with Gasteiger partial charge in [0.1, 0.15) is 6.04 Å². The van der Waals surface area contributed by atoms with E-state index in [1.165, 1.54) is 7.11 Å². The van der Waals surface area contributed by atoms with Gasteiger partial charge in [0.15, 0.2) is 0 Å². The van der Waals surface area contributed by atoms with Crippen LogP contribution in [0.1, 0.15) is 19.8 Å². The molecule has 1 saturated heterocycles. The van der Waals surface area contributed by atoms with Crippen molar-refractivity contribution >= 4 is 12.1 Å². The third-order valence-electron chi connectivity index (χ3n) is 2.21. The fraction of sp³-hybridized carbons (Fsp3) is 0.778. The molecular formula is C9H16N2O4. The van der Waals surface area contributed by atoms with Gasteiger partial charge in [0, 0.05) is 0 Å². The number of nitrogens with one attached hydrogen (secondary N) is 1. The second kappa shape index (κ2) is 5.55. The van der Waals surface area contributed by atoms with Crippen molar-refractivity contribution in [3.63, 3.8) is 0 Å². The van der Waals surface area contributed by atoms with Crippen molar-refractivity contribution in [3.8, 4) is 0 Å². The third-order valence-corrected chi connectivity index (χ3v) is 2.21. The van der Waals surface area contributed by atoms with E-state index in [0.717, 1.165) is 24.4 Å². The van der Waals surface area contributed by atoms with E-state index < -0.39 is 12.1 Å². The molecule has 0 aromatic carbocycles. The summed E-state index contributed by atoms with van der Waals surface area (Å²) in [6.45, 7) is 2.78. The van der Waals surface area contributed by atoms with Gasteiger partial charge in [-0.15, -0.1) is 5.06 Å². The average Bonchev–Trinajstić information content (AvgIpc) is 2.77. The summed E-state index contributed by atoms with van der Waals surface area (Å²) in [6.07, 6.45) is 1.03. The predicted molar refractivity (Wildman–Crippen MR) is 51.9 cm³/mol. The van der Waals surface area contributed by atoms with E-state index in [9.17, 15) is 9.59 Å². The average molecular weight is 216 g/mol. The van der Waals surface area contributed by atoms with Gasteiger partial charge in [-0.1, -0.05) is 0 Å². The Morgan fingerprint density at radius 3 is 2.73 bits per heavy atom. The summed E-state index contributed by atoms with van der Waals surface area (Å²) in [5, 5.41) is 3.89. The first-order valence-corrected chi connectivity index (χ1v) is 4.99. The fourth-order valence-corrected chi connectivity index (χ4v) is 1.39. The lowest BCUT2D eigenvalue weighted by atomic mass is 10.2. The molecule has 86 valence electrons. The SMILES string of the molecule is CCN(OC(=O)[C@@H]1CCCN1)C(=O)OC. The Labute approximate surface area is 88.5 Å². The molecule has 0 aromatic heterocycles. The van der Waals surface area contributed by atoms with Gasteiger partial charge in [0.25, 0.3) is 0 Å². The molecule has 0 bridgehead atoms. The zero-order valence-corrected chi connectivity index (χ0v) is 8.99. The summed E-state index contributed by atoms with van der Waals surface area (Å²) in [5.41, 5.74) is 0. The molecule has 1 aliphatic heterocycles. The topological polar surface area (TPSA) is 67.9 Å². The van der Waals surface area contributed by atoms with Gasteiger partial charge in [-0.25, -0.2) is 9.59 Å². The lowest BCUT2D eigenvalue weighted by Gasteiger charge is -2.19. The number of carbonyl (C=O) groups excluding carboxylic acids is 2. The van der Waals surface area contributed by atoms with Crippen molar-refractivity contribution in [2.75, 3.05) is 20.2 Å². The second-order valence-corrected chi connectivity index (χ2v) is 3.22. The van der Waals surface area contributed by atoms with E-state index in [-0.39, 0.29) is 12.6 Å². The number of hydrogen-bond donors (Lipinski definition) is 1. The molecule has 0 aliphatic carbocycles. The van der Waals surface area contributed by atoms with Crippen molar-refractivity contribution in [2.45, 2.75) is 25.8 Å². The minimum absolute atomic E-state index is 0.269. The predicted octanol–water partition coefficient (Wildman–Crippen LogP) is 0.285. The number of carbonyl (C=O) groups is 2. The first-order chi connectivity index (χ1) is 7.19. The monoisotopic (exact) mass is 216 g/mol. The molecule has 1 fully saturated rings. The van der Waals surface area contributed by atoms with Gasteiger partial charge in [0.2, 0.25) is 0 Å². The van der Waals surface area contributed by atoms with Gasteiger partial charge >= 0.3 is 12.1 Å². The Bertz CT molecular complexity index is 238. The van der Waals surface area contributed by atoms with Gasteiger partial charge in [0.05, 0.1) is 13.7 Å². The number of methoxy groups -OCH3 is 1. The highest BCUT2D eigenvalue weighted by atomic mass is 16.7. The zero-order chi connectivity index (χ0) is 11.3. The van der Waals surface area contributed by atoms with Crippen LogP contribution in [0.4, 0.5) is 4.79 Å². The molecule has 0 spiro atoms. The van der Waals surface area contributed by atoms with Crippen LogP contribution in [0.3, 0.4) is 0 Å². The molecule has 6 heteroatoms. The van der Waals surface area contributed by atoms with Gasteiger partial charge in [-0.2, -0.15) is 0 Å². The van der Waals surface area contributed by atoms with Crippen LogP contribution >= 0.6 is 0 Å². The van der Waals surface area contributed by atoms with Crippen LogP contribution in [-0.4, -0.2) is 43.4 Å². The van der Waals surface area contributed by atoms with Gasteiger partial charge in [-0.05, 0) is 26.3 Å². The first-order valence-electron chi connectivity index (χ1n) is 4.99. The van der Waals surface area contributed by atoms with E-state index in [1.807, 2.05) is 0 Å². The highest BCUT2D eigenvalue weighted by Gasteiger charge is 2.27. The van der Waals surface area contributed by atoms with Crippen molar-refractivity contribution in [1.29, 1.82) is 0 Å². The number of hydroxylamine groups is 2. The van der Waals surface area contributed by atoms with Crippen LogP contribution in [0.15, 0.2) is 0 Å². The van der Waals surface area contributed by atoms with Crippen LogP contribution in [0.25, 0.3) is 0 Å². The van der Waals surface area contributed by atoms with Crippen LogP contribution in [0.2, 0.25) is 0 Å². The quantitative estimate of drug-likeness (QED) is 0.672. The molecule has 0 saturated carbocycles. The maximum atomic E-state index is 11.5. The van der Waals surface area contributed by atoms with E-state index in [1.54, 1.807) is 6.92 Å². The minimum atomic E-state index is -0.663. The molecule has 1 aliphatic rings. The van der Waals surface area contributed by atoms with Crippen LogP contribution < -0.4 is 5.32 Å². The molecule has 15 heavy (non-hydrogen) atoms. The molecule has 1 N–H and O–H groups in total. The van der Waals surface area contributed by atoms with E-state index in [2.05, 4.69) is 10.1 Å². The van der Waals surface area contributed by atoms with Crippen LogP contribution in [0.5, 0.6) is 0 Å². The number of ether oxygens (including phenoxy) is 1. The Morgan fingerprint density at radius 1 is 1.53 bits per heavy atom. The molecule has 1 rings (SSSR count). The molecule has 0 radical (unpaired) electrons. The van der Waals surface area contributed by atoms with Gasteiger partial charge < -0.3 is 14.9 Å². The van der Waals surface area contributed by atoms with E-state index in [4.69, 9.17) is 4.84 Å². The fourth-order valence-electron chi connectivity index (χ4n) is 1.39. The number of rotatable bonds is 2. The number of amides is 1. The molecule has 0 unspecified atom stereocenters. The van der Waals surface area contributed by atoms with Crippen LogP contribution in [-0.2, 0) is 14.4 Å². The Balaban J connectivity index is 2.43. The van der Waals surface area contributed by atoms with Crippen molar-refractivity contribution in [2.24, 2.45) is 0 Å². The largest absolute Gasteiger partial charge is 0.451 e. The summed E-state index contributed by atoms with van der Waals surface area (Å²) in [4.78, 5) is 27.5. The number of nitrogens with zero attached hydrogens (tertiary/aromatic N) is 1. The molecule has 0 aromatic rings. The summed E-state index contributed by atoms with van der Waals surface area (Å²) in [7, 11) is 1.24.